The van der Waals surface area contributed by atoms with Gasteiger partial charge >= 0.3 is 0 Å². The van der Waals surface area contributed by atoms with E-state index in [-0.39, 0.29) is 23.8 Å². The molecule has 1 N–H and O–H groups in total. The number of nitrogens with one attached hydrogen (secondary N) is 1. The predicted octanol–water partition coefficient (Wildman–Crippen LogP) is 4.02. The highest BCUT2D eigenvalue weighted by Gasteiger charge is 2.36. The van der Waals surface area contributed by atoms with Crippen molar-refractivity contribution in [3.05, 3.63) is 107 Å². The zero-order chi connectivity index (χ0) is 25.1. The fourth-order valence-electron chi connectivity index (χ4n) is 4.41. The molecule has 36 heavy (non-hydrogen) atoms. The molecule has 3 heterocycles. The van der Waals surface area contributed by atoms with Gasteiger partial charge in [0.25, 0.3) is 11.8 Å². The average Bonchev–Trinajstić information content (AvgIpc) is 3.54. The van der Waals surface area contributed by atoms with Crippen LogP contribution in [0.1, 0.15) is 63.5 Å². The van der Waals surface area contributed by atoms with Crippen LogP contribution in [0.2, 0.25) is 0 Å². The molecule has 0 bridgehead atoms. The van der Waals surface area contributed by atoms with Crippen molar-refractivity contribution in [2.75, 3.05) is 18.0 Å². The van der Waals surface area contributed by atoms with E-state index < -0.39 is 0 Å². The van der Waals surface area contributed by atoms with Gasteiger partial charge in [-0.05, 0) is 67.8 Å². The van der Waals surface area contributed by atoms with E-state index in [2.05, 4.69) is 20.4 Å². The molecule has 5 rings (SSSR count). The highest BCUT2D eigenvalue weighted by atomic mass is 16.2. The standard InChI is InChI=1S/C28H28N6O2/c1-19(2)34-18-31-26(32-34)24-17-33(28(36)21-8-4-3-5-9-21)25-11-10-22(15-23(24)25)27(35)30-14-12-20-7-6-13-29-16-20/h3-11,13,15-16,18-19,24H,12,14,17H2,1-2H3,(H,30,35). The van der Waals surface area contributed by atoms with Gasteiger partial charge in [0, 0.05) is 48.3 Å². The van der Waals surface area contributed by atoms with Crippen molar-refractivity contribution in [1.82, 2.24) is 25.1 Å². The Morgan fingerprint density at radius 2 is 1.89 bits per heavy atom. The predicted molar refractivity (Wildman–Crippen MR) is 137 cm³/mol. The van der Waals surface area contributed by atoms with Crippen LogP contribution >= 0.6 is 0 Å². The molecule has 1 aliphatic heterocycles. The first-order chi connectivity index (χ1) is 17.5. The van der Waals surface area contributed by atoms with Gasteiger partial charge in [-0.2, -0.15) is 5.10 Å². The number of nitrogens with zero attached hydrogens (tertiary/aromatic N) is 5. The Bertz CT molecular complexity index is 1370. The minimum absolute atomic E-state index is 0.0867. The van der Waals surface area contributed by atoms with Crippen molar-refractivity contribution < 1.29 is 9.59 Å². The van der Waals surface area contributed by atoms with Crippen LogP contribution < -0.4 is 10.2 Å². The third kappa shape index (κ3) is 4.75. The van der Waals surface area contributed by atoms with Gasteiger partial charge < -0.3 is 10.2 Å². The Hall–Kier alpha value is -4.33. The summed E-state index contributed by atoms with van der Waals surface area (Å²) >= 11 is 0. The van der Waals surface area contributed by atoms with E-state index in [0.717, 1.165) is 16.8 Å². The van der Waals surface area contributed by atoms with Crippen LogP contribution in [0, 0.1) is 0 Å². The topological polar surface area (TPSA) is 93.0 Å². The molecule has 8 nitrogen and oxygen atoms in total. The summed E-state index contributed by atoms with van der Waals surface area (Å²) in [6.07, 6.45) is 5.95. The maximum Gasteiger partial charge on any atom is 0.258 e. The van der Waals surface area contributed by atoms with Crippen LogP contribution in [0.5, 0.6) is 0 Å². The average molecular weight is 481 g/mol. The quantitative estimate of drug-likeness (QED) is 0.431. The molecule has 0 spiro atoms. The molecule has 2 amide bonds. The van der Waals surface area contributed by atoms with E-state index in [1.54, 1.807) is 29.7 Å². The first-order valence-electron chi connectivity index (χ1n) is 12.1. The van der Waals surface area contributed by atoms with Crippen LogP contribution in [0.25, 0.3) is 0 Å². The van der Waals surface area contributed by atoms with Gasteiger partial charge in [-0.1, -0.05) is 24.3 Å². The largest absolute Gasteiger partial charge is 0.352 e. The van der Waals surface area contributed by atoms with Crippen LogP contribution in [0.3, 0.4) is 0 Å². The lowest BCUT2D eigenvalue weighted by atomic mass is 9.98. The van der Waals surface area contributed by atoms with E-state index in [4.69, 9.17) is 0 Å². The van der Waals surface area contributed by atoms with Gasteiger partial charge in [0.05, 0.1) is 5.92 Å². The maximum absolute atomic E-state index is 13.4. The number of fused-ring (bicyclic) bond motifs is 1. The maximum atomic E-state index is 13.4. The van der Waals surface area contributed by atoms with Crippen LogP contribution in [0.4, 0.5) is 5.69 Å². The molecule has 0 fully saturated rings. The minimum atomic E-state index is -0.226. The van der Waals surface area contributed by atoms with Crippen molar-refractivity contribution in [1.29, 1.82) is 0 Å². The summed E-state index contributed by atoms with van der Waals surface area (Å²) in [7, 11) is 0. The number of hydrogen-bond acceptors (Lipinski definition) is 5. The highest BCUT2D eigenvalue weighted by Crippen LogP contribution is 2.40. The Kier molecular flexibility index (Phi) is 6.58. The summed E-state index contributed by atoms with van der Waals surface area (Å²) < 4.78 is 1.81. The number of hydrogen-bond donors (Lipinski definition) is 1. The molecule has 0 saturated carbocycles. The number of rotatable bonds is 7. The minimum Gasteiger partial charge on any atom is -0.352 e. The number of carbonyl (C=O) groups excluding carboxylic acids is 2. The summed E-state index contributed by atoms with van der Waals surface area (Å²) in [5.41, 5.74) is 3.88. The number of benzene rings is 2. The van der Waals surface area contributed by atoms with Gasteiger partial charge in [-0.25, -0.2) is 4.98 Å². The second-order valence-electron chi connectivity index (χ2n) is 9.15. The van der Waals surface area contributed by atoms with E-state index in [1.807, 2.05) is 73.1 Å². The SMILES string of the molecule is CC(C)n1cnc(C2CN(C(=O)c3ccccc3)c3ccc(C(=O)NCCc4cccnc4)cc32)n1. The second-order valence-corrected chi connectivity index (χ2v) is 9.15. The van der Waals surface area contributed by atoms with Gasteiger partial charge in [-0.3, -0.25) is 19.3 Å². The summed E-state index contributed by atoms with van der Waals surface area (Å²) in [4.78, 5) is 36.8. The molecule has 2 aromatic heterocycles. The molecule has 182 valence electrons. The zero-order valence-electron chi connectivity index (χ0n) is 20.3. The summed E-state index contributed by atoms with van der Waals surface area (Å²) in [6, 6.07) is 18.8. The highest BCUT2D eigenvalue weighted by molar-refractivity contribution is 6.08. The molecule has 1 unspecified atom stereocenters. The van der Waals surface area contributed by atoms with E-state index in [0.29, 0.717) is 36.5 Å². The van der Waals surface area contributed by atoms with Crippen LogP contribution in [-0.2, 0) is 6.42 Å². The number of carbonyl (C=O) groups is 2. The first-order valence-corrected chi connectivity index (χ1v) is 12.1. The Morgan fingerprint density at radius 1 is 1.06 bits per heavy atom. The summed E-state index contributed by atoms with van der Waals surface area (Å²) in [5.74, 6) is 0.170. The molecule has 0 radical (unpaired) electrons. The summed E-state index contributed by atoms with van der Waals surface area (Å²) in [5, 5.41) is 7.67. The van der Waals surface area contributed by atoms with Gasteiger partial charge in [0.2, 0.25) is 0 Å². The molecule has 1 aliphatic rings. The normalized spacial score (nSPS) is 14.6. The Morgan fingerprint density at radius 3 is 2.61 bits per heavy atom. The van der Waals surface area contributed by atoms with Gasteiger partial charge in [-0.15, -0.1) is 0 Å². The molecule has 1 atom stereocenters. The molecule has 8 heteroatoms. The first kappa shape index (κ1) is 23.4. The molecule has 2 aromatic carbocycles. The zero-order valence-corrected chi connectivity index (χ0v) is 20.3. The number of aromatic nitrogens is 4. The smallest absolute Gasteiger partial charge is 0.258 e. The van der Waals surface area contributed by atoms with E-state index >= 15 is 0 Å². The van der Waals surface area contributed by atoms with Crippen LogP contribution in [0.15, 0.2) is 79.4 Å². The Balaban J connectivity index is 1.42. The molecule has 4 aromatic rings. The lowest BCUT2D eigenvalue weighted by Crippen LogP contribution is -2.30. The number of pyridine rings is 1. The van der Waals surface area contributed by atoms with Gasteiger partial charge in [0.15, 0.2) is 5.82 Å². The molecule has 0 aliphatic carbocycles. The van der Waals surface area contributed by atoms with Crippen molar-refractivity contribution in [3.8, 4) is 0 Å². The lowest BCUT2D eigenvalue weighted by molar-refractivity contribution is 0.0952. The van der Waals surface area contributed by atoms with Crippen molar-refractivity contribution in [2.45, 2.75) is 32.2 Å². The monoisotopic (exact) mass is 480 g/mol. The fourth-order valence-corrected chi connectivity index (χ4v) is 4.41. The van der Waals surface area contributed by atoms with E-state index in [9.17, 15) is 9.59 Å². The third-order valence-electron chi connectivity index (χ3n) is 6.38. The van der Waals surface area contributed by atoms with Crippen molar-refractivity contribution >= 4 is 17.5 Å². The summed E-state index contributed by atoms with van der Waals surface area (Å²) in [6.45, 7) is 5.00. The van der Waals surface area contributed by atoms with Crippen molar-refractivity contribution in [2.24, 2.45) is 0 Å². The number of amides is 2. The molecular formula is C28H28N6O2. The number of anilines is 1. The Labute approximate surface area is 210 Å². The van der Waals surface area contributed by atoms with Crippen molar-refractivity contribution in [3.63, 3.8) is 0 Å². The van der Waals surface area contributed by atoms with Gasteiger partial charge in [0.1, 0.15) is 6.33 Å². The van der Waals surface area contributed by atoms with Crippen LogP contribution in [-0.4, -0.2) is 44.7 Å². The molecule has 0 saturated heterocycles. The van der Waals surface area contributed by atoms with E-state index in [1.165, 1.54) is 0 Å². The fraction of sp³-hybridized carbons (Fsp3) is 0.250. The third-order valence-corrected chi connectivity index (χ3v) is 6.38. The second kappa shape index (κ2) is 10.1. The molecular weight excluding hydrogens is 452 g/mol. The lowest BCUT2D eigenvalue weighted by Gasteiger charge is -2.18.